The highest BCUT2D eigenvalue weighted by atomic mass is 16.3. The first-order chi connectivity index (χ1) is 13.7. The van der Waals surface area contributed by atoms with Crippen molar-refractivity contribution in [3.63, 3.8) is 0 Å². The molecule has 0 spiro atoms. The van der Waals surface area contributed by atoms with E-state index in [-0.39, 0.29) is 17.6 Å². The van der Waals surface area contributed by atoms with Crippen LogP contribution < -0.4 is 0 Å². The maximum absolute atomic E-state index is 11.1. The summed E-state index contributed by atoms with van der Waals surface area (Å²) in [6, 6.07) is 0. The smallest absolute Gasteiger partial charge is 0.0759 e. The minimum atomic E-state index is -0.347. The fraction of sp³-hybridized carbons (Fsp3) is 0.926. The molecule has 0 aromatic carbocycles. The molecule has 0 heterocycles. The molecule has 0 radical (unpaired) electrons. The largest absolute Gasteiger partial charge is 0.389 e. The molecule has 9 atom stereocenters. The van der Waals surface area contributed by atoms with Crippen molar-refractivity contribution in [2.45, 2.75) is 111 Å². The Hall–Kier alpha value is -0.340. The molecular weight excluding hydrogens is 356 g/mol. The van der Waals surface area contributed by atoms with Crippen LogP contribution in [0.4, 0.5) is 0 Å². The highest BCUT2D eigenvalue weighted by Crippen LogP contribution is 2.67. The summed E-state index contributed by atoms with van der Waals surface area (Å²) in [7, 11) is 0. The van der Waals surface area contributed by atoms with Crippen LogP contribution in [0.3, 0.4) is 0 Å². The summed E-state index contributed by atoms with van der Waals surface area (Å²) in [5.74, 6) is 4.70. The second-order valence-electron chi connectivity index (χ2n) is 12.3. The Morgan fingerprint density at radius 3 is 2.45 bits per heavy atom. The molecule has 0 aromatic rings. The third-order valence-corrected chi connectivity index (χ3v) is 10.3. The molecule has 3 saturated carbocycles. The van der Waals surface area contributed by atoms with Gasteiger partial charge in [-0.2, -0.15) is 0 Å². The Labute approximate surface area is 179 Å². The summed E-state index contributed by atoms with van der Waals surface area (Å²) in [6.07, 6.45) is 13.8. The van der Waals surface area contributed by atoms with Gasteiger partial charge in [-0.1, -0.05) is 60.0 Å². The number of aliphatic hydroxyl groups is 2. The second-order valence-corrected chi connectivity index (χ2v) is 12.3. The van der Waals surface area contributed by atoms with Crippen molar-refractivity contribution < 1.29 is 10.2 Å². The maximum Gasteiger partial charge on any atom is 0.0759 e. The van der Waals surface area contributed by atoms with Gasteiger partial charge in [-0.05, 0) is 96.9 Å². The van der Waals surface area contributed by atoms with Gasteiger partial charge in [0.1, 0.15) is 0 Å². The summed E-state index contributed by atoms with van der Waals surface area (Å²) in [5, 5.41) is 21.3. The van der Waals surface area contributed by atoms with E-state index in [0.717, 1.165) is 42.9 Å². The van der Waals surface area contributed by atoms with E-state index in [1.54, 1.807) is 0 Å². The second kappa shape index (κ2) is 7.97. The molecule has 0 saturated heterocycles. The Balaban J connectivity index is 1.52. The summed E-state index contributed by atoms with van der Waals surface area (Å²) in [5.41, 5.74) is 1.77. The lowest BCUT2D eigenvalue weighted by Gasteiger charge is -2.60. The van der Waals surface area contributed by atoms with E-state index in [9.17, 15) is 10.2 Å². The van der Waals surface area contributed by atoms with Crippen LogP contribution in [0.5, 0.6) is 0 Å². The summed E-state index contributed by atoms with van der Waals surface area (Å²) in [6.45, 7) is 12.3. The molecule has 0 aromatic heterocycles. The van der Waals surface area contributed by atoms with Gasteiger partial charge in [-0.15, -0.1) is 0 Å². The number of hydrogen-bond acceptors (Lipinski definition) is 2. The first kappa shape index (κ1) is 21.9. The number of hydrogen-bond donors (Lipinski definition) is 2. The number of fused-ring (bicyclic) bond motifs is 5. The van der Waals surface area contributed by atoms with Gasteiger partial charge in [0.15, 0.2) is 0 Å². The molecule has 0 aliphatic heterocycles. The molecule has 2 heteroatoms. The molecule has 4 aliphatic rings. The van der Waals surface area contributed by atoms with Gasteiger partial charge in [0.05, 0.1) is 12.2 Å². The Morgan fingerprint density at radius 1 is 0.966 bits per heavy atom. The van der Waals surface area contributed by atoms with Crippen LogP contribution in [0.25, 0.3) is 0 Å². The molecule has 29 heavy (non-hydrogen) atoms. The first-order valence-electron chi connectivity index (χ1n) is 12.7. The van der Waals surface area contributed by atoms with E-state index < -0.39 is 0 Å². The lowest BCUT2D eigenvalue weighted by atomic mass is 9.46. The zero-order valence-electron chi connectivity index (χ0n) is 19.7. The predicted octanol–water partition coefficient (Wildman–Crippen LogP) is 6.36. The molecule has 0 unspecified atom stereocenters. The van der Waals surface area contributed by atoms with E-state index >= 15 is 0 Å². The number of rotatable bonds is 5. The Bertz CT molecular complexity index is 624. The van der Waals surface area contributed by atoms with Crippen LogP contribution in [0.1, 0.15) is 98.8 Å². The first-order valence-corrected chi connectivity index (χ1v) is 12.7. The van der Waals surface area contributed by atoms with Crippen molar-refractivity contribution in [1.82, 2.24) is 0 Å². The van der Waals surface area contributed by atoms with Crippen molar-refractivity contribution in [3.05, 3.63) is 11.6 Å². The molecule has 3 fully saturated rings. The minimum Gasteiger partial charge on any atom is -0.389 e. The standard InChI is InChI=1S/C27H46O2/c1-17(2)7-6-8-18(3)21-9-10-22-20-16-25(29)24-15-19(28)11-13-27(24,5)23(20)12-14-26(21,22)4/h15,17-23,25,28-29H,6-14,16H2,1-5H3/t18-,19+,20+,21-,22-,23+,25-,26+,27-/m0/s1. The van der Waals surface area contributed by atoms with Crippen molar-refractivity contribution in [1.29, 1.82) is 0 Å². The summed E-state index contributed by atoms with van der Waals surface area (Å²) < 4.78 is 0. The minimum absolute atomic E-state index is 0.115. The zero-order chi connectivity index (χ0) is 21.0. The van der Waals surface area contributed by atoms with Gasteiger partial charge in [0.25, 0.3) is 0 Å². The van der Waals surface area contributed by atoms with E-state index in [0.29, 0.717) is 17.3 Å². The van der Waals surface area contributed by atoms with Gasteiger partial charge in [0.2, 0.25) is 0 Å². The van der Waals surface area contributed by atoms with E-state index in [1.165, 1.54) is 50.5 Å². The SMILES string of the molecule is CC(C)CCC[C@H](C)[C@@H]1CC[C@H]2[C@H]3C[C@H](O)C4=C[C@H](O)CC[C@@]4(C)[C@@H]3CC[C@@]21C. The normalized spacial score (nSPS) is 47.9. The van der Waals surface area contributed by atoms with Crippen molar-refractivity contribution >= 4 is 0 Å². The molecule has 2 nitrogen and oxygen atoms in total. The van der Waals surface area contributed by atoms with Gasteiger partial charge in [-0.3, -0.25) is 0 Å². The predicted molar refractivity (Wildman–Crippen MR) is 120 cm³/mol. The Kier molecular flexibility index (Phi) is 6.01. The Morgan fingerprint density at radius 2 is 1.72 bits per heavy atom. The molecular formula is C27H46O2. The average molecular weight is 403 g/mol. The third-order valence-electron chi connectivity index (χ3n) is 10.3. The van der Waals surface area contributed by atoms with E-state index in [1.807, 2.05) is 6.08 Å². The van der Waals surface area contributed by atoms with Crippen molar-refractivity contribution in [3.8, 4) is 0 Å². The molecule has 2 N–H and O–H groups in total. The summed E-state index contributed by atoms with van der Waals surface area (Å²) in [4.78, 5) is 0. The van der Waals surface area contributed by atoms with Crippen molar-refractivity contribution in [2.24, 2.45) is 46.3 Å². The van der Waals surface area contributed by atoms with Gasteiger partial charge >= 0.3 is 0 Å². The van der Waals surface area contributed by atoms with Gasteiger partial charge in [0, 0.05) is 0 Å². The monoisotopic (exact) mass is 402 g/mol. The van der Waals surface area contributed by atoms with Crippen LogP contribution in [0, 0.1) is 46.3 Å². The van der Waals surface area contributed by atoms with Crippen LogP contribution >= 0.6 is 0 Å². The fourth-order valence-electron chi connectivity index (χ4n) is 8.78. The van der Waals surface area contributed by atoms with Gasteiger partial charge in [-0.25, -0.2) is 0 Å². The highest BCUT2D eigenvalue weighted by molar-refractivity contribution is 5.29. The van der Waals surface area contributed by atoms with E-state index in [2.05, 4.69) is 34.6 Å². The third kappa shape index (κ3) is 3.65. The topological polar surface area (TPSA) is 40.5 Å². The van der Waals surface area contributed by atoms with Gasteiger partial charge < -0.3 is 10.2 Å². The molecule has 0 bridgehead atoms. The fourth-order valence-corrected chi connectivity index (χ4v) is 8.78. The van der Waals surface area contributed by atoms with E-state index in [4.69, 9.17) is 0 Å². The van der Waals surface area contributed by atoms with Crippen molar-refractivity contribution in [2.75, 3.05) is 0 Å². The van der Waals surface area contributed by atoms with Crippen LogP contribution in [-0.2, 0) is 0 Å². The molecule has 0 amide bonds. The maximum atomic E-state index is 11.1. The van der Waals surface area contributed by atoms with Crippen LogP contribution in [0.15, 0.2) is 11.6 Å². The molecule has 4 aliphatic carbocycles. The molecule has 166 valence electrons. The van der Waals surface area contributed by atoms with Crippen LogP contribution in [0.2, 0.25) is 0 Å². The molecule has 4 rings (SSSR count). The quantitative estimate of drug-likeness (QED) is 0.525. The average Bonchev–Trinajstić information content (AvgIpc) is 3.00. The zero-order valence-corrected chi connectivity index (χ0v) is 19.7. The highest BCUT2D eigenvalue weighted by Gasteiger charge is 2.60. The number of aliphatic hydroxyl groups excluding tert-OH is 2. The summed E-state index contributed by atoms with van der Waals surface area (Å²) >= 11 is 0. The van der Waals surface area contributed by atoms with Crippen LogP contribution in [-0.4, -0.2) is 22.4 Å². The lowest BCUT2D eigenvalue weighted by Crippen LogP contribution is -2.54. The lowest BCUT2D eigenvalue weighted by molar-refractivity contribution is -0.0874.